The molecule has 3 heterocycles. The number of carbonyl (C=O) groups is 4. The molecule has 5 rings (SSSR count). The smallest absolute Gasteiger partial charge is 0.412 e. The maximum atomic E-state index is 15.0. The van der Waals surface area contributed by atoms with Gasteiger partial charge in [0.1, 0.15) is 17.4 Å². The number of amides is 2. The van der Waals surface area contributed by atoms with Crippen molar-refractivity contribution in [1.82, 2.24) is 9.80 Å². The molecule has 0 bridgehead atoms. The number of carbonyl (C=O) groups excluding carboxylic acids is 4. The summed E-state index contributed by atoms with van der Waals surface area (Å²) in [7, 11) is -3.22. The fraction of sp³-hybridized carbons (Fsp3) is 0.556. The molecule has 2 fully saturated rings. The molecule has 0 N–H and O–H groups in total. The summed E-state index contributed by atoms with van der Waals surface area (Å²) in [6.07, 6.45) is -1.65. The van der Waals surface area contributed by atoms with Gasteiger partial charge in [-0.15, -0.1) is 0 Å². The number of hydrogen-bond acceptors (Lipinski definition) is 9. The van der Waals surface area contributed by atoms with E-state index in [1.54, 1.807) is 88.9 Å². The third-order valence-electron chi connectivity index (χ3n) is 9.29. The summed E-state index contributed by atoms with van der Waals surface area (Å²) >= 11 is 0. The Kier molecular flexibility index (Phi) is 9.56. The highest BCUT2D eigenvalue weighted by Gasteiger charge is 2.69. The van der Waals surface area contributed by atoms with E-state index in [0.717, 1.165) is 22.7 Å². The van der Waals surface area contributed by atoms with Crippen molar-refractivity contribution in [3.63, 3.8) is 0 Å². The number of likely N-dealkylation sites (tertiary alicyclic amines) is 2. The lowest BCUT2D eigenvalue weighted by Crippen LogP contribution is -2.65. The Bertz CT molecular complexity index is 1720. The highest BCUT2D eigenvalue weighted by molar-refractivity contribution is 7.92. The summed E-state index contributed by atoms with van der Waals surface area (Å²) in [4.78, 5) is 59.6. The van der Waals surface area contributed by atoms with E-state index in [0.29, 0.717) is 24.1 Å². The Balaban J connectivity index is 1.67. The van der Waals surface area contributed by atoms with Crippen LogP contribution in [0.25, 0.3) is 0 Å². The van der Waals surface area contributed by atoms with Crippen molar-refractivity contribution >= 4 is 39.6 Å². The quantitative estimate of drug-likeness (QED) is 0.202. The first kappa shape index (κ1) is 36.2. The van der Waals surface area contributed by atoms with Gasteiger partial charge >= 0.3 is 18.2 Å². The SMILES string of the molecule is COC(=O)N1[C@@H]2[C@H](C[C@@]1(C(=O)C[C@@H]1CCC[C@@H](C)N1C(=O)OC(C)(C)C)C(=O)OC(C)(C)C)c1ccccc1N2S(=O)(=O)c1ccccc1. The molecule has 2 saturated heterocycles. The topological polar surface area (TPSA) is 140 Å². The summed E-state index contributed by atoms with van der Waals surface area (Å²) in [5.74, 6) is -2.46. The van der Waals surface area contributed by atoms with Crippen LogP contribution in [0.4, 0.5) is 15.3 Å². The van der Waals surface area contributed by atoms with Gasteiger partial charge in [0.05, 0.1) is 17.7 Å². The molecule has 3 aliphatic heterocycles. The number of anilines is 1. The summed E-state index contributed by atoms with van der Waals surface area (Å²) in [5.41, 5.74) is -3.25. The van der Waals surface area contributed by atoms with E-state index >= 15 is 4.79 Å². The van der Waals surface area contributed by atoms with Crippen LogP contribution in [0.3, 0.4) is 0 Å². The van der Waals surface area contributed by atoms with Gasteiger partial charge in [0.2, 0.25) is 5.54 Å². The third kappa shape index (κ3) is 6.61. The van der Waals surface area contributed by atoms with Crippen molar-refractivity contribution in [2.24, 2.45) is 0 Å². The van der Waals surface area contributed by atoms with Crippen molar-refractivity contribution in [2.45, 2.75) is 126 Å². The monoisotopic (exact) mass is 697 g/mol. The van der Waals surface area contributed by atoms with Crippen LogP contribution in [0.5, 0.6) is 0 Å². The number of ketones is 1. The fourth-order valence-corrected chi connectivity index (χ4v) is 9.05. The van der Waals surface area contributed by atoms with Gasteiger partial charge in [-0.05, 0) is 97.9 Å². The average molecular weight is 698 g/mol. The molecule has 2 aromatic rings. The minimum atomic E-state index is -4.34. The maximum Gasteiger partial charge on any atom is 0.412 e. The van der Waals surface area contributed by atoms with E-state index in [4.69, 9.17) is 14.2 Å². The van der Waals surface area contributed by atoms with E-state index in [1.807, 2.05) is 6.92 Å². The first-order valence-corrected chi connectivity index (χ1v) is 18.1. The molecule has 2 aromatic carbocycles. The van der Waals surface area contributed by atoms with Crippen LogP contribution >= 0.6 is 0 Å². The zero-order valence-electron chi connectivity index (χ0n) is 29.5. The van der Waals surface area contributed by atoms with E-state index in [2.05, 4.69) is 0 Å². The van der Waals surface area contributed by atoms with E-state index < -0.39 is 68.8 Å². The second-order valence-electron chi connectivity index (χ2n) is 15.0. The number of benzene rings is 2. The molecular weight excluding hydrogens is 650 g/mol. The molecule has 2 amide bonds. The third-order valence-corrected chi connectivity index (χ3v) is 11.1. The molecule has 13 heteroatoms. The minimum Gasteiger partial charge on any atom is -0.458 e. The van der Waals surface area contributed by atoms with Gasteiger partial charge in [-0.1, -0.05) is 36.4 Å². The van der Waals surface area contributed by atoms with Crippen molar-refractivity contribution in [3.05, 3.63) is 60.2 Å². The highest BCUT2D eigenvalue weighted by atomic mass is 32.2. The number of nitrogens with zero attached hydrogens (tertiary/aromatic N) is 3. The lowest BCUT2D eigenvalue weighted by Gasteiger charge is -2.44. The molecule has 12 nitrogen and oxygen atoms in total. The molecular formula is C36H47N3O9S. The standard InChI is InChI=1S/C36H47N3O9S/c1-23-15-14-16-24(37(23)32(42)48-35(5,6)7)21-29(40)36(31(41)47-34(2,3)4)22-27-26-19-12-13-20-28(26)39(30(27)38(36)33(43)46-8)49(44,45)25-17-10-9-11-18-25/h9-13,17-20,23-24,27,30H,14-16,21-22H2,1-8H3/t23-,24+,27-,30+,36-/m1/s1. The predicted molar refractivity (Wildman–Crippen MR) is 181 cm³/mol. The molecule has 5 atom stereocenters. The summed E-state index contributed by atoms with van der Waals surface area (Å²) < 4.78 is 46.9. The molecule has 266 valence electrons. The van der Waals surface area contributed by atoms with Gasteiger partial charge in [0.25, 0.3) is 10.0 Å². The van der Waals surface area contributed by atoms with E-state index in [1.165, 1.54) is 12.1 Å². The molecule has 0 radical (unpaired) electrons. The molecule has 0 spiro atoms. The number of methoxy groups -OCH3 is 1. The van der Waals surface area contributed by atoms with Crippen LogP contribution in [-0.2, 0) is 33.8 Å². The fourth-order valence-electron chi connectivity index (χ4n) is 7.37. The van der Waals surface area contributed by atoms with Crippen LogP contribution < -0.4 is 4.31 Å². The van der Waals surface area contributed by atoms with E-state index in [-0.39, 0.29) is 23.8 Å². The normalized spacial score (nSPS) is 25.3. The Labute approximate surface area is 288 Å². The summed E-state index contributed by atoms with van der Waals surface area (Å²) in [6, 6.07) is 13.7. The maximum absolute atomic E-state index is 15.0. The number of sulfonamides is 1. The zero-order chi connectivity index (χ0) is 36.1. The Morgan fingerprint density at radius 1 is 0.857 bits per heavy atom. The lowest BCUT2D eigenvalue weighted by molar-refractivity contribution is -0.171. The number of para-hydroxylation sites is 1. The molecule has 0 aromatic heterocycles. The van der Waals surface area contributed by atoms with Crippen LogP contribution in [0, 0.1) is 0 Å². The summed E-state index contributed by atoms with van der Waals surface area (Å²) in [6.45, 7) is 12.1. The number of esters is 1. The highest BCUT2D eigenvalue weighted by Crippen LogP contribution is 2.56. The number of Topliss-reactive ketones (excluding diaryl/α,β-unsaturated/α-hetero) is 1. The van der Waals surface area contributed by atoms with Gasteiger partial charge in [-0.25, -0.2) is 27.1 Å². The Morgan fingerprint density at radius 2 is 1.47 bits per heavy atom. The number of rotatable bonds is 6. The first-order chi connectivity index (χ1) is 22.8. The van der Waals surface area contributed by atoms with Crippen molar-refractivity contribution in [1.29, 1.82) is 0 Å². The Hall–Kier alpha value is -4.13. The Morgan fingerprint density at radius 3 is 2.08 bits per heavy atom. The van der Waals surface area contributed by atoms with Crippen LogP contribution in [0.1, 0.15) is 92.1 Å². The minimum absolute atomic E-state index is 0.0273. The predicted octanol–water partition coefficient (Wildman–Crippen LogP) is 6.00. The number of ether oxygens (including phenoxy) is 3. The second-order valence-corrected chi connectivity index (χ2v) is 16.9. The van der Waals surface area contributed by atoms with Crippen molar-refractivity contribution in [3.8, 4) is 0 Å². The largest absolute Gasteiger partial charge is 0.458 e. The molecule has 0 aliphatic carbocycles. The molecule has 49 heavy (non-hydrogen) atoms. The van der Waals surface area contributed by atoms with Crippen molar-refractivity contribution in [2.75, 3.05) is 11.4 Å². The van der Waals surface area contributed by atoms with Gasteiger partial charge < -0.3 is 19.1 Å². The summed E-state index contributed by atoms with van der Waals surface area (Å²) in [5, 5.41) is 0. The van der Waals surface area contributed by atoms with Crippen LogP contribution in [0.2, 0.25) is 0 Å². The average Bonchev–Trinajstić information content (AvgIpc) is 3.52. The van der Waals surface area contributed by atoms with Gasteiger partial charge in [-0.2, -0.15) is 0 Å². The van der Waals surface area contributed by atoms with Crippen molar-refractivity contribution < 1.29 is 41.8 Å². The second kappa shape index (κ2) is 13.0. The molecule has 0 unspecified atom stereocenters. The van der Waals surface area contributed by atoms with E-state index in [9.17, 15) is 22.8 Å². The van der Waals surface area contributed by atoms with Gasteiger partial charge in [-0.3, -0.25) is 9.69 Å². The van der Waals surface area contributed by atoms with Crippen LogP contribution in [-0.4, -0.2) is 84.3 Å². The van der Waals surface area contributed by atoms with Gasteiger partial charge in [0.15, 0.2) is 5.78 Å². The number of fused-ring (bicyclic) bond motifs is 3. The van der Waals surface area contributed by atoms with Crippen LogP contribution in [0.15, 0.2) is 59.5 Å². The van der Waals surface area contributed by atoms with Gasteiger partial charge in [0, 0.05) is 24.4 Å². The molecule has 3 aliphatic rings. The first-order valence-electron chi connectivity index (χ1n) is 16.7. The number of piperidine rings is 1. The number of hydrogen-bond donors (Lipinski definition) is 0. The lowest BCUT2D eigenvalue weighted by atomic mass is 9.81. The molecule has 0 saturated carbocycles. The zero-order valence-corrected chi connectivity index (χ0v) is 30.3.